The highest BCUT2D eigenvalue weighted by molar-refractivity contribution is 6.03. The summed E-state index contributed by atoms with van der Waals surface area (Å²) in [5.41, 5.74) is 1.77. The van der Waals surface area contributed by atoms with Crippen LogP contribution >= 0.6 is 0 Å². The normalized spacial score (nSPS) is 33.7. The fourth-order valence-electron chi connectivity index (χ4n) is 3.97. The van der Waals surface area contributed by atoms with Crippen LogP contribution in [0.2, 0.25) is 0 Å². The van der Waals surface area contributed by atoms with Crippen molar-refractivity contribution >= 4 is 17.6 Å². The van der Waals surface area contributed by atoms with Crippen LogP contribution in [0, 0.1) is 17.8 Å². The Balaban J connectivity index is 1.66. The molecule has 1 aliphatic heterocycles. The molecule has 0 aromatic heterocycles. The molecule has 1 heterocycles. The van der Waals surface area contributed by atoms with Crippen LogP contribution in [0.15, 0.2) is 24.3 Å². The Labute approximate surface area is 117 Å². The van der Waals surface area contributed by atoms with Gasteiger partial charge < -0.3 is 5.11 Å². The number of anilines is 1. The van der Waals surface area contributed by atoms with E-state index in [-0.39, 0.29) is 11.8 Å². The average Bonchev–Trinajstić information content (AvgIpc) is 2.89. The Morgan fingerprint density at radius 2 is 1.80 bits per heavy atom. The highest BCUT2D eigenvalue weighted by Gasteiger charge is 2.50. The second kappa shape index (κ2) is 4.08. The quantitative estimate of drug-likeness (QED) is 0.896. The maximum absolute atomic E-state index is 12.8. The molecule has 2 fully saturated rings. The van der Waals surface area contributed by atoms with Gasteiger partial charge in [0, 0.05) is 18.0 Å². The molecule has 104 valence electrons. The van der Waals surface area contributed by atoms with Gasteiger partial charge in [-0.3, -0.25) is 9.69 Å². The molecule has 2 saturated carbocycles. The standard InChI is InChI=1S/C16H17NO3/c18-15(12-6-10-5-11(10)7-12)17-13-4-2-1-3-9(13)8-14(17)16(19)20/h1-4,10-12,14H,5-8H2,(H,19,20)/t10?,11?,12?,14-/m0/s1. The van der Waals surface area contributed by atoms with Crippen LogP contribution in [0.5, 0.6) is 0 Å². The molecular weight excluding hydrogens is 254 g/mol. The van der Waals surface area contributed by atoms with Crippen molar-refractivity contribution in [3.63, 3.8) is 0 Å². The van der Waals surface area contributed by atoms with Gasteiger partial charge in [-0.25, -0.2) is 4.79 Å². The molecule has 3 atom stereocenters. The van der Waals surface area contributed by atoms with Crippen LogP contribution < -0.4 is 4.90 Å². The van der Waals surface area contributed by atoms with Crippen molar-refractivity contribution in [1.29, 1.82) is 0 Å². The smallest absolute Gasteiger partial charge is 0.327 e. The van der Waals surface area contributed by atoms with Crippen LogP contribution in [0.4, 0.5) is 5.69 Å². The Bertz CT molecular complexity index is 587. The zero-order chi connectivity index (χ0) is 13.9. The van der Waals surface area contributed by atoms with Gasteiger partial charge in [-0.1, -0.05) is 18.2 Å². The van der Waals surface area contributed by atoms with Crippen LogP contribution in [0.3, 0.4) is 0 Å². The topological polar surface area (TPSA) is 57.6 Å². The molecule has 2 aliphatic carbocycles. The van der Waals surface area contributed by atoms with Crippen LogP contribution in [0.25, 0.3) is 0 Å². The maximum atomic E-state index is 12.8. The second-order valence-electron chi connectivity index (χ2n) is 6.32. The number of carboxylic acids is 1. The van der Waals surface area contributed by atoms with E-state index in [2.05, 4.69) is 0 Å². The van der Waals surface area contributed by atoms with E-state index in [1.807, 2.05) is 24.3 Å². The molecule has 0 saturated heterocycles. The molecule has 0 spiro atoms. The third-order valence-electron chi connectivity index (χ3n) is 5.09. The molecule has 1 N–H and O–H groups in total. The Morgan fingerprint density at radius 1 is 1.10 bits per heavy atom. The summed E-state index contributed by atoms with van der Waals surface area (Å²) in [6.07, 6.45) is 3.60. The monoisotopic (exact) mass is 271 g/mol. The van der Waals surface area contributed by atoms with E-state index in [1.165, 1.54) is 6.42 Å². The highest BCUT2D eigenvalue weighted by atomic mass is 16.4. The summed E-state index contributed by atoms with van der Waals surface area (Å²) in [6.45, 7) is 0. The fourth-order valence-corrected chi connectivity index (χ4v) is 3.97. The van der Waals surface area contributed by atoms with Gasteiger partial charge in [0.05, 0.1) is 0 Å². The SMILES string of the molecule is O=C(O)[C@@H]1Cc2ccccc2N1C(=O)C1CC2CC2C1. The summed E-state index contributed by atoms with van der Waals surface area (Å²) in [4.78, 5) is 25.8. The first-order chi connectivity index (χ1) is 9.65. The summed E-state index contributed by atoms with van der Waals surface area (Å²) in [7, 11) is 0. The number of carbonyl (C=O) groups is 2. The lowest BCUT2D eigenvalue weighted by atomic mass is 10.0. The number of carboxylic acid groups (broad SMARTS) is 1. The van der Waals surface area contributed by atoms with Crippen molar-refractivity contribution in [1.82, 2.24) is 0 Å². The number of para-hydroxylation sites is 1. The molecule has 2 unspecified atom stereocenters. The number of benzene rings is 1. The molecule has 4 nitrogen and oxygen atoms in total. The molecular formula is C16H17NO3. The Hall–Kier alpha value is -1.84. The van der Waals surface area contributed by atoms with Crippen molar-refractivity contribution in [2.75, 3.05) is 4.90 Å². The van der Waals surface area contributed by atoms with Gasteiger partial charge >= 0.3 is 5.97 Å². The summed E-state index contributed by atoms with van der Waals surface area (Å²) in [6, 6.07) is 6.83. The second-order valence-corrected chi connectivity index (χ2v) is 6.32. The van der Waals surface area contributed by atoms with Gasteiger partial charge in [0.15, 0.2) is 0 Å². The lowest BCUT2D eigenvalue weighted by Crippen LogP contribution is -2.45. The van der Waals surface area contributed by atoms with E-state index >= 15 is 0 Å². The number of amides is 1. The van der Waals surface area contributed by atoms with Gasteiger partial charge in [0.2, 0.25) is 5.91 Å². The van der Waals surface area contributed by atoms with Crippen LogP contribution in [0.1, 0.15) is 24.8 Å². The summed E-state index contributed by atoms with van der Waals surface area (Å²) in [5.74, 6) is 0.606. The van der Waals surface area contributed by atoms with Crippen molar-refractivity contribution in [3.05, 3.63) is 29.8 Å². The summed E-state index contributed by atoms with van der Waals surface area (Å²) in [5, 5.41) is 9.41. The molecule has 3 aliphatic rings. The first-order valence-corrected chi connectivity index (χ1v) is 7.29. The van der Waals surface area contributed by atoms with Gasteiger partial charge in [0.25, 0.3) is 0 Å². The summed E-state index contributed by atoms with van der Waals surface area (Å²) < 4.78 is 0. The first kappa shape index (κ1) is 11.9. The third kappa shape index (κ3) is 1.67. The third-order valence-corrected chi connectivity index (χ3v) is 5.09. The highest BCUT2D eigenvalue weighted by Crippen LogP contribution is 2.55. The molecule has 1 aromatic rings. The molecule has 20 heavy (non-hydrogen) atoms. The number of fused-ring (bicyclic) bond motifs is 2. The number of hydrogen-bond acceptors (Lipinski definition) is 2. The van der Waals surface area contributed by atoms with E-state index in [4.69, 9.17) is 0 Å². The number of aliphatic carboxylic acids is 1. The Kier molecular flexibility index (Phi) is 2.43. The largest absolute Gasteiger partial charge is 0.480 e. The Morgan fingerprint density at radius 3 is 2.50 bits per heavy atom. The average molecular weight is 271 g/mol. The minimum absolute atomic E-state index is 0.0227. The lowest BCUT2D eigenvalue weighted by Gasteiger charge is -2.26. The van der Waals surface area contributed by atoms with E-state index < -0.39 is 12.0 Å². The predicted octanol–water partition coefficient (Wildman–Crippen LogP) is 2.08. The minimum Gasteiger partial charge on any atom is -0.480 e. The van der Waals surface area contributed by atoms with Gasteiger partial charge in [-0.05, 0) is 42.7 Å². The van der Waals surface area contributed by atoms with Gasteiger partial charge in [-0.2, -0.15) is 0 Å². The molecule has 0 bridgehead atoms. The van der Waals surface area contributed by atoms with E-state index in [0.717, 1.165) is 35.9 Å². The number of carbonyl (C=O) groups excluding carboxylic acids is 1. The van der Waals surface area contributed by atoms with E-state index in [0.29, 0.717) is 6.42 Å². The zero-order valence-electron chi connectivity index (χ0n) is 11.2. The number of rotatable bonds is 2. The summed E-state index contributed by atoms with van der Waals surface area (Å²) >= 11 is 0. The molecule has 4 rings (SSSR count). The van der Waals surface area contributed by atoms with Gasteiger partial charge in [-0.15, -0.1) is 0 Å². The fraction of sp³-hybridized carbons (Fsp3) is 0.500. The minimum atomic E-state index is -0.905. The maximum Gasteiger partial charge on any atom is 0.327 e. The lowest BCUT2D eigenvalue weighted by molar-refractivity contribution is -0.140. The van der Waals surface area contributed by atoms with Crippen molar-refractivity contribution in [2.24, 2.45) is 17.8 Å². The molecule has 4 heteroatoms. The first-order valence-electron chi connectivity index (χ1n) is 7.29. The van der Waals surface area contributed by atoms with Crippen molar-refractivity contribution in [2.45, 2.75) is 31.7 Å². The van der Waals surface area contributed by atoms with Crippen LogP contribution in [-0.2, 0) is 16.0 Å². The zero-order valence-corrected chi connectivity index (χ0v) is 11.2. The molecule has 1 aromatic carbocycles. The van der Waals surface area contributed by atoms with E-state index in [9.17, 15) is 14.7 Å². The molecule has 0 radical (unpaired) electrons. The van der Waals surface area contributed by atoms with Crippen molar-refractivity contribution < 1.29 is 14.7 Å². The number of nitrogens with zero attached hydrogens (tertiary/aromatic N) is 1. The van der Waals surface area contributed by atoms with Gasteiger partial charge in [0.1, 0.15) is 6.04 Å². The van der Waals surface area contributed by atoms with E-state index in [1.54, 1.807) is 4.90 Å². The predicted molar refractivity (Wildman–Crippen MR) is 73.4 cm³/mol. The van der Waals surface area contributed by atoms with Crippen molar-refractivity contribution in [3.8, 4) is 0 Å². The number of hydrogen-bond donors (Lipinski definition) is 1. The molecule has 1 amide bonds. The van der Waals surface area contributed by atoms with Crippen LogP contribution in [-0.4, -0.2) is 23.0 Å².